The summed E-state index contributed by atoms with van der Waals surface area (Å²) in [6, 6.07) is 0. The molecule has 0 heterocycles. The molecule has 4 rings (SSSR count). The van der Waals surface area contributed by atoms with E-state index in [0.29, 0.717) is 6.61 Å². The van der Waals surface area contributed by atoms with Crippen LogP contribution in [0, 0.1) is 17.8 Å². The molecule has 4 bridgehead atoms. The average molecular weight is 296 g/mol. The van der Waals surface area contributed by atoms with Crippen LogP contribution in [0.1, 0.15) is 52.4 Å². The molecule has 122 valence electrons. The number of quaternary nitrogens is 1. The normalized spacial score (nSPS) is 39.7. The summed E-state index contributed by atoms with van der Waals surface area (Å²) in [6.07, 6.45) is 7.82. The largest absolute Gasteiger partial charge is 0.385 e. The van der Waals surface area contributed by atoms with Crippen molar-refractivity contribution in [3.05, 3.63) is 0 Å². The Morgan fingerprint density at radius 1 is 1.05 bits per heavy atom. The average Bonchev–Trinajstić information content (AvgIpc) is 2.44. The molecule has 1 atom stereocenters. The number of rotatable bonds is 7. The van der Waals surface area contributed by atoms with E-state index in [1.807, 2.05) is 0 Å². The molecule has 21 heavy (non-hydrogen) atoms. The van der Waals surface area contributed by atoms with Gasteiger partial charge in [0, 0.05) is 0 Å². The smallest absolute Gasteiger partial charge is 0.126 e. The molecular formula is C18H34NO2+. The van der Waals surface area contributed by atoms with Crippen molar-refractivity contribution in [3.8, 4) is 0 Å². The first-order valence-corrected chi connectivity index (χ1v) is 9.11. The summed E-state index contributed by atoms with van der Waals surface area (Å²) in [5, 5.41) is 10.4. The van der Waals surface area contributed by atoms with Gasteiger partial charge < -0.3 is 14.3 Å². The van der Waals surface area contributed by atoms with E-state index in [1.54, 1.807) is 0 Å². The van der Waals surface area contributed by atoms with Gasteiger partial charge in [-0.1, -0.05) is 0 Å². The maximum atomic E-state index is 10.4. The second-order valence-electron chi connectivity index (χ2n) is 8.50. The van der Waals surface area contributed by atoms with E-state index >= 15 is 0 Å². The minimum Gasteiger partial charge on any atom is -0.385 e. The molecule has 4 fully saturated rings. The summed E-state index contributed by atoms with van der Waals surface area (Å²) in [7, 11) is 2.23. The molecule has 0 amide bonds. The summed E-state index contributed by atoms with van der Waals surface area (Å²) in [5.74, 6) is 2.75. The summed E-state index contributed by atoms with van der Waals surface area (Å²) in [4.78, 5) is 0. The lowest BCUT2D eigenvalue weighted by molar-refractivity contribution is -0.909. The lowest BCUT2D eigenvalue weighted by atomic mass is 9.54. The zero-order valence-electron chi connectivity index (χ0n) is 14.2. The molecule has 0 aliphatic heterocycles. The second-order valence-corrected chi connectivity index (χ2v) is 8.50. The Hall–Kier alpha value is -0.120. The van der Waals surface area contributed by atoms with Crippen LogP contribution in [0.3, 0.4) is 0 Å². The number of nitrogens with zero attached hydrogens (tertiary/aromatic N) is 1. The Labute approximate surface area is 130 Å². The van der Waals surface area contributed by atoms with Gasteiger partial charge >= 0.3 is 0 Å². The van der Waals surface area contributed by atoms with E-state index in [-0.39, 0.29) is 11.7 Å². The molecule has 0 spiro atoms. The van der Waals surface area contributed by atoms with Crippen LogP contribution in [0.5, 0.6) is 0 Å². The van der Waals surface area contributed by atoms with Crippen LogP contribution in [-0.2, 0) is 4.74 Å². The first-order chi connectivity index (χ1) is 9.96. The van der Waals surface area contributed by atoms with Crippen molar-refractivity contribution in [3.63, 3.8) is 0 Å². The first-order valence-electron chi connectivity index (χ1n) is 9.11. The maximum absolute atomic E-state index is 10.4. The highest BCUT2D eigenvalue weighted by atomic mass is 16.5. The van der Waals surface area contributed by atoms with E-state index in [2.05, 4.69) is 20.9 Å². The van der Waals surface area contributed by atoms with Crippen molar-refractivity contribution >= 4 is 0 Å². The zero-order chi connectivity index (χ0) is 15.1. The van der Waals surface area contributed by atoms with Crippen LogP contribution in [-0.4, -0.2) is 54.6 Å². The number of hydrogen-bond donors (Lipinski definition) is 1. The van der Waals surface area contributed by atoms with Crippen LogP contribution < -0.4 is 0 Å². The predicted molar refractivity (Wildman–Crippen MR) is 85.0 cm³/mol. The molecule has 0 aromatic carbocycles. The van der Waals surface area contributed by atoms with Gasteiger partial charge in [-0.05, 0) is 70.1 Å². The predicted octanol–water partition coefficient (Wildman–Crippen LogP) is 2.82. The van der Waals surface area contributed by atoms with Crippen molar-refractivity contribution in [2.75, 3.05) is 33.3 Å². The monoisotopic (exact) mass is 296 g/mol. The van der Waals surface area contributed by atoms with Crippen LogP contribution in [0.25, 0.3) is 0 Å². The van der Waals surface area contributed by atoms with Crippen LogP contribution in [0.2, 0.25) is 0 Å². The quantitative estimate of drug-likeness (QED) is 0.732. The van der Waals surface area contributed by atoms with Crippen molar-refractivity contribution in [1.29, 1.82) is 0 Å². The minimum absolute atomic E-state index is 0.136. The van der Waals surface area contributed by atoms with Crippen LogP contribution >= 0.6 is 0 Å². The molecule has 0 radical (unpaired) electrons. The fourth-order valence-corrected chi connectivity index (χ4v) is 5.52. The third-order valence-electron chi connectivity index (χ3n) is 6.74. The van der Waals surface area contributed by atoms with Crippen molar-refractivity contribution < 1.29 is 14.3 Å². The van der Waals surface area contributed by atoms with Crippen molar-refractivity contribution in [1.82, 2.24) is 0 Å². The SMILES string of the molecule is CC[N+](C)(CC)CC(O)COC12CC3CC(CC(C3)C1)C2. The van der Waals surface area contributed by atoms with Gasteiger partial charge in [-0.2, -0.15) is 0 Å². The Kier molecular flexibility index (Phi) is 4.37. The van der Waals surface area contributed by atoms with E-state index in [4.69, 9.17) is 4.74 Å². The van der Waals surface area contributed by atoms with Gasteiger partial charge in [0.15, 0.2) is 0 Å². The lowest BCUT2D eigenvalue weighted by Gasteiger charge is -2.56. The fraction of sp³-hybridized carbons (Fsp3) is 1.00. The third kappa shape index (κ3) is 3.30. The van der Waals surface area contributed by atoms with Gasteiger partial charge in [0.1, 0.15) is 12.6 Å². The first kappa shape index (κ1) is 15.8. The highest BCUT2D eigenvalue weighted by molar-refractivity contribution is 5.03. The number of aliphatic hydroxyl groups is 1. The number of ether oxygens (including phenoxy) is 1. The standard InChI is InChI=1S/C18H34NO2/c1-4-19(3,5-2)12-17(20)13-21-18-9-14-6-15(10-18)8-16(7-14)11-18/h14-17,20H,4-13H2,1-3H3/q+1. The molecule has 1 N–H and O–H groups in total. The van der Waals surface area contributed by atoms with E-state index in [9.17, 15) is 5.11 Å². The summed E-state index contributed by atoms with van der Waals surface area (Å²) >= 11 is 0. The fourth-order valence-electron chi connectivity index (χ4n) is 5.52. The van der Waals surface area contributed by atoms with E-state index < -0.39 is 0 Å². The van der Waals surface area contributed by atoms with Gasteiger partial charge in [-0.3, -0.25) is 0 Å². The molecule has 0 saturated heterocycles. The molecule has 0 aromatic rings. The summed E-state index contributed by atoms with van der Waals surface area (Å²) in [5.41, 5.74) is 0.136. The molecular weight excluding hydrogens is 262 g/mol. The number of aliphatic hydroxyl groups excluding tert-OH is 1. The van der Waals surface area contributed by atoms with E-state index in [1.165, 1.54) is 38.5 Å². The molecule has 4 saturated carbocycles. The summed E-state index contributed by atoms with van der Waals surface area (Å²) < 4.78 is 7.31. The third-order valence-corrected chi connectivity index (χ3v) is 6.74. The Morgan fingerprint density at radius 2 is 1.52 bits per heavy atom. The molecule has 3 nitrogen and oxygen atoms in total. The van der Waals surface area contributed by atoms with Gasteiger partial charge in [-0.15, -0.1) is 0 Å². The highest BCUT2D eigenvalue weighted by Crippen LogP contribution is 2.57. The molecule has 1 unspecified atom stereocenters. The van der Waals surface area contributed by atoms with Crippen molar-refractivity contribution in [2.24, 2.45) is 17.8 Å². The maximum Gasteiger partial charge on any atom is 0.126 e. The van der Waals surface area contributed by atoms with Gasteiger partial charge in [-0.25, -0.2) is 0 Å². The van der Waals surface area contributed by atoms with Gasteiger partial charge in [0.25, 0.3) is 0 Å². The Bertz CT molecular complexity index is 329. The summed E-state index contributed by atoms with van der Waals surface area (Å²) in [6.45, 7) is 7.92. The molecule has 0 aromatic heterocycles. The minimum atomic E-state index is -0.317. The highest BCUT2D eigenvalue weighted by Gasteiger charge is 2.51. The van der Waals surface area contributed by atoms with Gasteiger partial charge in [0.2, 0.25) is 0 Å². The Morgan fingerprint density at radius 3 is 1.95 bits per heavy atom. The molecule has 4 aliphatic rings. The van der Waals surface area contributed by atoms with Crippen LogP contribution in [0.15, 0.2) is 0 Å². The second kappa shape index (κ2) is 5.82. The van der Waals surface area contributed by atoms with Crippen LogP contribution in [0.4, 0.5) is 0 Å². The number of hydrogen-bond acceptors (Lipinski definition) is 2. The molecule has 4 aliphatic carbocycles. The zero-order valence-corrected chi connectivity index (χ0v) is 14.2. The van der Waals surface area contributed by atoms with Crippen molar-refractivity contribution in [2.45, 2.75) is 64.1 Å². The lowest BCUT2D eigenvalue weighted by Crippen LogP contribution is -2.54. The number of likely N-dealkylation sites (N-methyl/N-ethyl adjacent to an activating group) is 1. The topological polar surface area (TPSA) is 29.5 Å². The van der Waals surface area contributed by atoms with Gasteiger partial charge in [0.05, 0.1) is 32.3 Å². The van der Waals surface area contributed by atoms with E-state index in [0.717, 1.165) is 41.9 Å². The molecule has 3 heteroatoms. The Balaban J connectivity index is 1.53.